The summed E-state index contributed by atoms with van der Waals surface area (Å²) < 4.78 is 7.24. The fraction of sp³-hybridized carbons (Fsp3) is 0.158. The molecule has 0 amide bonds. The molecule has 4 nitrogen and oxygen atoms in total. The van der Waals surface area contributed by atoms with Crippen LogP contribution in [-0.2, 0) is 4.79 Å². The quantitative estimate of drug-likeness (QED) is 0.413. The zero-order chi connectivity index (χ0) is 16.7. The van der Waals surface area contributed by atoms with Crippen LogP contribution in [0.3, 0.4) is 0 Å². The molecule has 2 aromatic heterocycles. The van der Waals surface area contributed by atoms with E-state index in [0.717, 1.165) is 28.1 Å². The number of hydrogen-bond acceptors (Lipinski definition) is 4. The van der Waals surface area contributed by atoms with Crippen molar-refractivity contribution in [2.24, 2.45) is 0 Å². The monoisotopic (exact) mass is 336 g/mol. The van der Waals surface area contributed by atoms with Crippen molar-refractivity contribution in [3.05, 3.63) is 58.5 Å². The number of fused-ring (bicyclic) bond motifs is 3. The molecule has 0 unspecified atom stereocenters. The van der Waals surface area contributed by atoms with Crippen molar-refractivity contribution < 1.29 is 14.3 Å². The van der Waals surface area contributed by atoms with Crippen LogP contribution < -0.4 is 4.74 Å². The van der Waals surface area contributed by atoms with Gasteiger partial charge in [-0.1, -0.05) is 13.0 Å². The zero-order valence-electron chi connectivity index (χ0n) is 13.0. The maximum absolute atomic E-state index is 12.4. The summed E-state index contributed by atoms with van der Waals surface area (Å²) in [6.45, 7) is 1.93. The van der Waals surface area contributed by atoms with Crippen molar-refractivity contribution >= 4 is 23.1 Å². The van der Waals surface area contributed by atoms with Gasteiger partial charge in [0, 0.05) is 29.6 Å². The molecule has 1 aliphatic heterocycles. The Labute approximate surface area is 143 Å². The standard InChI is InChI=1S/C19H14NO3S/c1-2-5-16(21)23-13-7-3-6-12(10-13)14-11-24-19-17(14)20-9-4-8-15(20)18(19)22/h3-4,6,8-11H,2,5H2,1H3. The third-order valence-electron chi connectivity index (χ3n) is 3.96. The second-order valence-corrected chi connectivity index (χ2v) is 6.46. The Balaban J connectivity index is 1.74. The lowest BCUT2D eigenvalue weighted by Crippen LogP contribution is -2.06. The molecule has 119 valence electrons. The second kappa shape index (κ2) is 5.76. The number of esters is 1. The SMILES string of the molecule is CCCC(=O)Oc1[c]ccc(-c2csc3c2-n2cccc2C3=O)c1. The largest absolute Gasteiger partial charge is 0.426 e. The molecule has 1 radical (unpaired) electrons. The molecule has 1 aliphatic rings. The van der Waals surface area contributed by atoms with Crippen LogP contribution in [0.5, 0.6) is 5.75 Å². The van der Waals surface area contributed by atoms with Gasteiger partial charge >= 0.3 is 5.97 Å². The topological polar surface area (TPSA) is 48.3 Å². The van der Waals surface area contributed by atoms with E-state index < -0.39 is 0 Å². The van der Waals surface area contributed by atoms with Crippen LogP contribution in [0.2, 0.25) is 0 Å². The number of ketones is 1. The van der Waals surface area contributed by atoms with Gasteiger partial charge in [-0.25, -0.2) is 0 Å². The van der Waals surface area contributed by atoms with Crippen LogP contribution >= 0.6 is 11.3 Å². The smallest absolute Gasteiger partial charge is 0.311 e. The van der Waals surface area contributed by atoms with E-state index in [2.05, 4.69) is 6.07 Å². The van der Waals surface area contributed by atoms with Crippen LogP contribution in [0.25, 0.3) is 16.8 Å². The third-order valence-corrected chi connectivity index (χ3v) is 4.93. The summed E-state index contributed by atoms with van der Waals surface area (Å²) >= 11 is 1.44. The van der Waals surface area contributed by atoms with Gasteiger partial charge in [0.15, 0.2) is 0 Å². The van der Waals surface area contributed by atoms with E-state index in [4.69, 9.17) is 4.74 Å². The number of aromatic nitrogens is 1. The minimum Gasteiger partial charge on any atom is -0.426 e. The molecule has 0 fully saturated rings. The molecule has 1 aromatic carbocycles. The van der Waals surface area contributed by atoms with Gasteiger partial charge in [0.25, 0.3) is 0 Å². The average Bonchev–Trinajstić information content (AvgIpc) is 3.25. The summed E-state index contributed by atoms with van der Waals surface area (Å²) in [4.78, 5) is 24.8. The molecule has 4 rings (SSSR count). The van der Waals surface area contributed by atoms with Gasteiger partial charge in [-0.2, -0.15) is 0 Å². The van der Waals surface area contributed by atoms with E-state index in [1.165, 1.54) is 11.3 Å². The fourth-order valence-electron chi connectivity index (χ4n) is 2.88. The molecule has 0 aliphatic carbocycles. The van der Waals surface area contributed by atoms with E-state index in [1.807, 2.05) is 41.3 Å². The Morgan fingerprint density at radius 1 is 1.38 bits per heavy atom. The number of hydrogen-bond donors (Lipinski definition) is 0. The Morgan fingerprint density at radius 3 is 3.08 bits per heavy atom. The Hall–Kier alpha value is -2.66. The summed E-state index contributed by atoms with van der Waals surface area (Å²) in [5, 5.41) is 1.97. The number of rotatable bonds is 4. The highest BCUT2D eigenvalue weighted by molar-refractivity contribution is 7.13. The van der Waals surface area contributed by atoms with Gasteiger partial charge < -0.3 is 9.30 Å². The lowest BCUT2D eigenvalue weighted by Gasteiger charge is -2.07. The Bertz CT molecular complexity index is 951. The molecule has 3 heterocycles. The van der Waals surface area contributed by atoms with Gasteiger partial charge in [0.2, 0.25) is 5.78 Å². The van der Waals surface area contributed by atoms with Crippen molar-refractivity contribution in [1.82, 2.24) is 4.57 Å². The van der Waals surface area contributed by atoms with Crippen LogP contribution in [0.1, 0.15) is 35.1 Å². The highest BCUT2D eigenvalue weighted by Gasteiger charge is 2.30. The molecule has 0 saturated heterocycles. The Kier molecular flexibility index (Phi) is 3.58. The minimum atomic E-state index is -0.260. The first-order chi connectivity index (χ1) is 11.7. The van der Waals surface area contributed by atoms with Crippen LogP contribution in [0.4, 0.5) is 0 Å². The molecule has 3 aromatic rings. The molecule has 0 saturated carbocycles. The van der Waals surface area contributed by atoms with E-state index >= 15 is 0 Å². The lowest BCUT2D eigenvalue weighted by atomic mass is 10.1. The molecule has 0 bridgehead atoms. The zero-order valence-corrected chi connectivity index (χ0v) is 13.9. The number of benzene rings is 1. The van der Waals surface area contributed by atoms with Crippen molar-refractivity contribution in [2.75, 3.05) is 0 Å². The van der Waals surface area contributed by atoms with Gasteiger partial charge in [0.05, 0.1) is 11.4 Å². The van der Waals surface area contributed by atoms with E-state index in [9.17, 15) is 9.59 Å². The van der Waals surface area contributed by atoms with Gasteiger partial charge in [0.1, 0.15) is 10.6 Å². The molecule has 0 atom stereocenters. The molecule has 0 N–H and O–H groups in total. The predicted molar refractivity (Wildman–Crippen MR) is 91.9 cm³/mol. The molecule has 24 heavy (non-hydrogen) atoms. The number of ether oxygens (including phenoxy) is 1. The first-order valence-electron chi connectivity index (χ1n) is 7.75. The summed E-state index contributed by atoms with van der Waals surface area (Å²) in [5.74, 6) is 0.204. The van der Waals surface area contributed by atoms with Crippen LogP contribution in [-0.4, -0.2) is 16.3 Å². The summed E-state index contributed by atoms with van der Waals surface area (Å²) in [6.07, 6.45) is 3.02. The predicted octanol–water partition coefficient (Wildman–Crippen LogP) is 4.26. The van der Waals surface area contributed by atoms with Gasteiger partial charge in [-0.15, -0.1) is 11.3 Å². The van der Waals surface area contributed by atoms with E-state index in [0.29, 0.717) is 17.9 Å². The molecule has 0 spiro atoms. The van der Waals surface area contributed by atoms with Crippen molar-refractivity contribution in [3.8, 4) is 22.6 Å². The van der Waals surface area contributed by atoms with Crippen molar-refractivity contribution in [1.29, 1.82) is 0 Å². The van der Waals surface area contributed by atoms with Crippen LogP contribution in [0, 0.1) is 6.07 Å². The summed E-state index contributed by atoms with van der Waals surface area (Å²) in [5.41, 5.74) is 3.46. The fourth-order valence-corrected chi connectivity index (χ4v) is 3.90. The average molecular weight is 336 g/mol. The molecular formula is C19H14NO3S. The summed E-state index contributed by atoms with van der Waals surface area (Å²) in [6, 6.07) is 12.1. The number of nitrogens with zero attached hydrogens (tertiary/aromatic N) is 1. The first kappa shape index (κ1) is 14.9. The maximum atomic E-state index is 12.4. The van der Waals surface area contributed by atoms with E-state index in [-0.39, 0.29) is 11.8 Å². The normalized spacial score (nSPS) is 12.1. The molecular weight excluding hydrogens is 322 g/mol. The number of carbonyl (C=O) groups is 2. The van der Waals surface area contributed by atoms with Gasteiger partial charge in [-0.05, 0) is 36.2 Å². The Morgan fingerprint density at radius 2 is 2.25 bits per heavy atom. The minimum absolute atomic E-state index is 0.0586. The lowest BCUT2D eigenvalue weighted by molar-refractivity contribution is -0.134. The van der Waals surface area contributed by atoms with Crippen molar-refractivity contribution in [3.63, 3.8) is 0 Å². The highest BCUT2D eigenvalue weighted by Crippen LogP contribution is 2.41. The third kappa shape index (κ3) is 2.29. The van der Waals surface area contributed by atoms with Crippen LogP contribution in [0.15, 0.2) is 41.9 Å². The second-order valence-electron chi connectivity index (χ2n) is 5.59. The maximum Gasteiger partial charge on any atom is 0.311 e. The van der Waals surface area contributed by atoms with Gasteiger partial charge in [-0.3, -0.25) is 9.59 Å². The van der Waals surface area contributed by atoms with E-state index in [1.54, 1.807) is 12.1 Å². The first-order valence-corrected chi connectivity index (χ1v) is 8.63. The molecule has 5 heteroatoms. The number of carbonyl (C=O) groups excluding carboxylic acids is 2. The van der Waals surface area contributed by atoms with Crippen molar-refractivity contribution in [2.45, 2.75) is 19.8 Å². The highest BCUT2D eigenvalue weighted by atomic mass is 32.1. The summed E-state index contributed by atoms with van der Waals surface area (Å²) in [7, 11) is 0. The number of thiophene rings is 1.